The number of carbonyl (C=O) groups excluding carboxylic acids is 1. The van der Waals surface area contributed by atoms with E-state index in [4.69, 9.17) is 0 Å². The molecule has 0 spiro atoms. The molecule has 2 aliphatic rings. The zero-order valence-electron chi connectivity index (χ0n) is 21.7. The smallest absolute Gasteiger partial charge is 0.289 e. The SMILES string of the molecule is CC(C)c1cc(-c2nnc(C(=O)NC3CC3)n2-c2cc(F)c(CN3CCN(C)CC3)c(F)c2)c(O)cc1O. The number of benzene rings is 2. The van der Waals surface area contributed by atoms with E-state index in [2.05, 4.69) is 20.4 Å². The molecule has 0 atom stereocenters. The van der Waals surface area contributed by atoms with Gasteiger partial charge in [0.15, 0.2) is 5.82 Å². The van der Waals surface area contributed by atoms with Crippen LogP contribution in [-0.4, -0.2) is 80.0 Å². The van der Waals surface area contributed by atoms with Crippen molar-refractivity contribution in [1.29, 1.82) is 0 Å². The first-order chi connectivity index (χ1) is 18.1. The van der Waals surface area contributed by atoms with E-state index >= 15 is 8.78 Å². The van der Waals surface area contributed by atoms with Gasteiger partial charge in [-0.3, -0.25) is 14.3 Å². The summed E-state index contributed by atoms with van der Waals surface area (Å²) in [6.45, 7) is 6.93. The Kier molecular flexibility index (Phi) is 7.06. The Morgan fingerprint density at radius 2 is 1.68 bits per heavy atom. The van der Waals surface area contributed by atoms with Crippen LogP contribution in [0.25, 0.3) is 17.1 Å². The van der Waals surface area contributed by atoms with Gasteiger partial charge in [-0.25, -0.2) is 8.78 Å². The zero-order valence-corrected chi connectivity index (χ0v) is 21.7. The quantitative estimate of drug-likeness (QED) is 0.433. The summed E-state index contributed by atoms with van der Waals surface area (Å²) < 4.78 is 32.1. The highest BCUT2D eigenvalue weighted by Crippen LogP contribution is 2.38. The molecule has 38 heavy (non-hydrogen) atoms. The predicted molar refractivity (Wildman–Crippen MR) is 137 cm³/mol. The molecule has 2 heterocycles. The van der Waals surface area contributed by atoms with Crippen molar-refractivity contribution >= 4 is 5.91 Å². The summed E-state index contributed by atoms with van der Waals surface area (Å²) in [5, 5.41) is 32.0. The van der Waals surface area contributed by atoms with E-state index in [1.807, 2.05) is 25.8 Å². The molecule has 1 saturated carbocycles. The van der Waals surface area contributed by atoms with Gasteiger partial charge in [0.05, 0.1) is 11.3 Å². The number of phenols is 2. The van der Waals surface area contributed by atoms with Crippen LogP contribution in [-0.2, 0) is 6.54 Å². The molecular formula is C27H32F2N6O3. The maximum absolute atomic E-state index is 15.4. The fourth-order valence-electron chi connectivity index (χ4n) is 4.66. The van der Waals surface area contributed by atoms with Gasteiger partial charge < -0.3 is 20.4 Å². The van der Waals surface area contributed by atoms with Crippen LogP contribution in [0.1, 0.15) is 54.4 Å². The number of halogens is 2. The highest BCUT2D eigenvalue weighted by Gasteiger charge is 2.30. The van der Waals surface area contributed by atoms with Gasteiger partial charge in [-0.1, -0.05) is 13.8 Å². The zero-order chi connectivity index (χ0) is 27.1. The van der Waals surface area contributed by atoms with E-state index in [9.17, 15) is 15.0 Å². The van der Waals surface area contributed by atoms with Crippen LogP contribution in [0.15, 0.2) is 24.3 Å². The molecule has 0 unspecified atom stereocenters. The van der Waals surface area contributed by atoms with Crippen LogP contribution in [0.5, 0.6) is 11.5 Å². The van der Waals surface area contributed by atoms with Gasteiger partial charge in [0.25, 0.3) is 5.91 Å². The Balaban J connectivity index is 1.59. The van der Waals surface area contributed by atoms with Crippen LogP contribution >= 0.6 is 0 Å². The summed E-state index contributed by atoms with van der Waals surface area (Å²) in [6, 6.07) is 5.08. The number of hydrogen-bond acceptors (Lipinski definition) is 7. The molecule has 3 N–H and O–H groups in total. The Morgan fingerprint density at radius 1 is 1.03 bits per heavy atom. The molecule has 1 aromatic heterocycles. The number of phenolic OH excluding ortho intramolecular Hbond substituents is 2. The van der Waals surface area contributed by atoms with E-state index in [-0.39, 0.29) is 58.5 Å². The van der Waals surface area contributed by atoms with Crippen molar-refractivity contribution in [2.45, 2.75) is 45.2 Å². The molecule has 202 valence electrons. The van der Waals surface area contributed by atoms with Crippen LogP contribution < -0.4 is 5.32 Å². The molecule has 2 fully saturated rings. The highest BCUT2D eigenvalue weighted by atomic mass is 19.1. The number of piperazine rings is 1. The molecule has 0 bridgehead atoms. The van der Waals surface area contributed by atoms with Crippen molar-refractivity contribution in [3.05, 3.63) is 52.9 Å². The lowest BCUT2D eigenvalue weighted by atomic mass is 9.98. The van der Waals surface area contributed by atoms with Crippen LogP contribution in [0.2, 0.25) is 0 Å². The standard InChI is InChI=1S/C27H32F2N6O3/c1-15(2)18-12-19(24(37)13-23(18)36)25-31-32-26(27(38)30-16-4-5-16)35(25)17-10-21(28)20(22(29)11-17)14-34-8-6-33(3)7-9-34/h10-13,15-16,36-37H,4-9,14H2,1-3H3,(H,30,38). The number of rotatable bonds is 7. The van der Waals surface area contributed by atoms with Gasteiger partial charge in [0.1, 0.15) is 23.1 Å². The maximum atomic E-state index is 15.4. The molecule has 2 aromatic carbocycles. The van der Waals surface area contributed by atoms with Crippen LogP contribution in [0.4, 0.5) is 8.78 Å². The number of aromatic nitrogens is 3. The van der Waals surface area contributed by atoms with Crippen molar-refractivity contribution in [3.63, 3.8) is 0 Å². The Bertz CT molecular complexity index is 1340. The van der Waals surface area contributed by atoms with E-state index in [1.165, 1.54) is 10.6 Å². The number of amides is 1. The Hall–Kier alpha value is -3.57. The van der Waals surface area contributed by atoms with E-state index in [0.717, 1.165) is 38.1 Å². The number of likely N-dealkylation sites (N-methyl/N-ethyl adjacent to an activating group) is 1. The lowest BCUT2D eigenvalue weighted by molar-refractivity contribution is 0.0938. The van der Waals surface area contributed by atoms with Gasteiger partial charge in [-0.15, -0.1) is 10.2 Å². The Labute approximate surface area is 219 Å². The minimum atomic E-state index is -0.745. The number of hydrogen-bond donors (Lipinski definition) is 3. The first kappa shape index (κ1) is 26.1. The first-order valence-electron chi connectivity index (χ1n) is 12.8. The molecule has 5 rings (SSSR count). The third-order valence-corrected chi connectivity index (χ3v) is 7.15. The predicted octanol–water partition coefficient (Wildman–Crippen LogP) is 3.39. The molecule has 11 heteroatoms. The van der Waals surface area contributed by atoms with Crippen LogP contribution in [0, 0.1) is 11.6 Å². The minimum absolute atomic E-state index is 0.0154. The molecule has 1 amide bonds. The van der Waals surface area contributed by atoms with Crippen molar-refractivity contribution < 1.29 is 23.8 Å². The molecule has 3 aromatic rings. The summed E-state index contributed by atoms with van der Waals surface area (Å²) >= 11 is 0. The molecule has 9 nitrogen and oxygen atoms in total. The van der Waals surface area contributed by atoms with Crippen molar-refractivity contribution in [3.8, 4) is 28.6 Å². The number of aromatic hydroxyl groups is 2. The number of carbonyl (C=O) groups is 1. The second kappa shape index (κ2) is 10.3. The summed E-state index contributed by atoms with van der Waals surface area (Å²) in [4.78, 5) is 17.2. The second-order valence-corrected chi connectivity index (χ2v) is 10.5. The van der Waals surface area contributed by atoms with Crippen molar-refractivity contribution in [2.24, 2.45) is 0 Å². The van der Waals surface area contributed by atoms with E-state index in [1.54, 1.807) is 6.07 Å². The summed E-state index contributed by atoms with van der Waals surface area (Å²) in [7, 11) is 2.01. The maximum Gasteiger partial charge on any atom is 0.289 e. The van der Waals surface area contributed by atoms with Crippen molar-refractivity contribution in [1.82, 2.24) is 29.9 Å². The summed E-state index contributed by atoms with van der Waals surface area (Å²) in [6.07, 6.45) is 1.68. The monoisotopic (exact) mass is 526 g/mol. The fraction of sp³-hybridized carbons (Fsp3) is 0.444. The largest absolute Gasteiger partial charge is 0.508 e. The molecule has 1 aliphatic carbocycles. The van der Waals surface area contributed by atoms with Gasteiger partial charge in [0, 0.05) is 50.4 Å². The summed E-state index contributed by atoms with van der Waals surface area (Å²) in [5.74, 6) is -2.64. The van der Waals surface area contributed by atoms with E-state index < -0.39 is 17.5 Å². The average Bonchev–Trinajstić information content (AvgIpc) is 3.56. The number of nitrogens with zero attached hydrogens (tertiary/aromatic N) is 5. The highest BCUT2D eigenvalue weighted by molar-refractivity contribution is 5.92. The Morgan fingerprint density at radius 3 is 2.29 bits per heavy atom. The third-order valence-electron chi connectivity index (χ3n) is 7.15. The second-order valence-electron chi connectivity index (χ2n) is 10.5. The normalized spacial score (nSPS) is 16.8. The average molecular weight is 527 g/mol. The fourth-order valence-corrected chi connectivity index (χ4v) is 4.66. The van der Waals surface area contributed by atoms with Gasteiger partial charge in [-0.2, -0.15) is 0 Å². The molecule has 1 saturated heterocycles. The van der Waals surface area contributed by atoms with E-state index in [0.29, 0.717) is 18.7 Å². The van der Waals surface area contributed by atoms with Gasteiger partial charge >= 0.3 is 0 Å². The molecular weight excluding hydrogens is 494 g/mol. The van der Waals surface area contributed by atoms with Gasteiger partial charge in [0.2, 0.25) is 5.82 Å². The third kappa shape index (κ3) is 5.21. The topological polar surface area (TPSA) is 107 Å². The lowest BCUT2D eigenvalue weighted by Crippen LogP contribution is -2.44. The first-order valence-corrected chi connectivity index (χ1v) is 12.8. The van der Waals surface area contributed by atoms with Crippen LogP contribution in [0.3, 0.4) is 0 Å². The number of nitrogens with one attached hydrogen (secondary N) is 1. The van der Waals surface area contributed by atoms with Crippen molar-refractivity contribution in [2.75, 3.05) is 33.2 Å². The lowest BCUT2D eigenvalue weighted by Gasteiger charge is -2.32. The molecule has 0 radical (unpaired) electrons. The summed E-state index contributed by atoms with van der Waals surface area (Å²) in [5.41, 5.74) is 0.677. The minimum Gasteiger partial charge on any atom is -0.508 e. The van der Waals surface area contributed by atoms with Gasteiger partial charge in [-0.05, 0) is 49.6 Å². The molecule has 1 aliphatic heterocycles.